The highest BCUT2D eigenvalue weighted by atomic mass is 35.5. The third-order valence-electron chi connectivity index (χ3n) is 5.74. The van der Waals surface area contributed by atoms with Crippen LogP contribution in [0.1, 0.15) is 36.4 Å². The molecule has 0 bridgehead atoms. The van der Waals surface area contributed by atoms with Crippen LogP contribution in [0.4, 0.5) is 0 Å². The Labute approximate surface area is 192 Å². The van der Waals surface area contributed by atoms with Gasteiger partial charge in [-0.2, -0.15) is 4.31 Å². The monoisotopic (exact) mass is 476 g/mol. The van der Waals surface area contributed by atoms with Crippen molar-refractivity contribution < 1.29 is 13.2 Å². The van der Waals surface area contributed by atoms with Gasteiger partial charge in [-0.05, 0) is 54.7 Å². The summed E-state index contributed by atoms with van der Waals surface area (Å²) in [6, 6.07) is 15.1. The molecule has 0 aliphatic carbocycles. The van der Waals surface area contributed by atoms with Crippen molar-refractivity contribution in [3.63, 3.8) is 0 Å². The molecule has 1 fully saturated rings. The summed E-state index contributed by atoms with van der Waals surface area (Å²) in [5.41, 5.74) is 1.91. The van der Waals surface area contributed by atoms with Crippen molar-refractivity contribution >= 4 is 45.4 Å². The quantitative estimate of drug-likeness (QED) is 0.678. The van der Waals surface area contributed by atoms with Crippen LogP contribution in [0.5, 0.6) is 0 Å². The predicted molar refractivity (Wildman–Crippen MR) is 126 cm³/mol. The summed E-state index contributed by atoms with van der Waals surface area (Å²) < 4.78 is 26.8. The Kier molecular flexibility index (Phi) is 7.06. The number of halogens is 1. The Hall–Kier alpha value is -1.80. The van der Waals surface area contributed by atoms with E-state index >= 15 is 0 Å². The molecule has 1 unspecified atom stereocenters. The van der Waals surface area contributed by atoms with Crippen molar-refractivity contribution in [1.29, 1.82) is 0 Å². The van der Waals surface area contributed by atoms with Crippen LogP contribution in [0, 0.1) is 5.92 Å². The number of carbonyl (C=O) groups is 1. The molecule has 31 heavy (non-hydrogen) atoms. The number of thioether (sulfide) groups is 1. The molecular weight excluding hydrogens is 452 g/mol. The molecule has 1 N–H and O–H groups in total. The van der Waals surface area contributed by atoms with E-state index in [1.165, 1.54) is 9.71 Å². The Balaban J connectivity index is 1.34. The van der Waals surface area contributed by atoms with Gasteiger partial charge in [0.25, 0.3) is 0 Å². The maximum absolute atomic E-state index is 12.9. The average molecular weight is 477 g/mol. The third kappa shape index (κ3) is 5.52. The van der Waals surface area contributed by atoms with Gasteiger partial charge < -0.3 is 5.32 Å². The van der Waals surface area contributed by atoms with E-state index in [2.05, 4.69) is 5.32 Å². The number of hydrogen-bond donors (Lipinski definition) is 1. The average Bonchev–Trinajstić information content (AvgIpc) is 2.79. The molecule has 2 aliphatic heterocycles. The van der Waals surface area contributed by atoms with Gasteiger partial charge in [-0.15, -0.1) is 11.8 Å². The van der Waals surface area contributed by atoms with Gasteiger partial charge in [-0.3, -0.25) is 4.79 Å². The Bertz CT molecular complexity index is 1070. The topological polar surface area (TPSA) is 66.5 Å². The van der Waals surface area contributed by atoms with E-state index in [0.29, 0.717) is 31.0 Å². The summed E-state index contributed by atoms with van der Waals surface area (Å²) in [4.78, 5) is 14.1. The SMILES string of the molecule is O=C(NC1CCSc2ccc(Cl)cc21)C1CCN(S(=O)(=O)/C=C/c2ccccc2)CC1. The lowest BCUT2D eigenvalue weighted by Crippen LogP contribution is -2.43. The summed E-state index contributed by atoms with van der Waals surface area (Å²) >= 11 is 7.94. The minimum atomic E-state index is -3.50. The van der Waals surface area contributed by atoms with E-state index in [1.54, 1.807) is 17.8 Å². The predicted octanol–water partition coefficient (Wildman–Crippen LogP) is 4.71. The largest absolute Gasteiger partial charge is 0.349 e. The van der Waals surface area contributed by atoms with Crippen LogP contribution in [0.3, 0.4) is 0 Å². The van der Waals surface area contributed by atoms with Crippen molar-refractivity contribution in [3.05, 3.63) is 70.1 Å². The van der Waals surface area contributed by atoms with Gasteiger partial charge in [0.05, 0.1) is 6.04 Å². The Morgan fingerprint density at radius 1 is 1.10 bits per heavy atom. The number of carbonyl (C=O) groups excluding carboxylic acids is 1. The minimum absolute atomic E-state index is 0.000277. The summed E-state index contributed by atoms with van der Waals surface area (Å²) in [6.07, 6.45) is 3.52. The number of amides is 1. The highest BCUT2D eigenvalue weighted by molar-refractivity contribution is 7.99. The van der Waals surface area contributed by atoms with E-state index in [0.717, 1.165) is 28.2 Å². The van der Waals surface area contributed by atoms with E-state index < -0.39 is 10.0 Å². The van der Waals surface area contributed by atoms with Crippen molar-refractivity contribution in [2.75, 3.05) is 18.8 Å². The second-order valence-electron chi connectivity index (χ2n) is 7.81. The number of sulfonamides is 1. The molecule has 2 aromatic carbocycles. The molecule has 0 saturated carbocycles. The molecule has 8 heteroatoms. The van der Waals surface area contributed by atoms with Gasteiger partial charge in [-0.25, -0.2) is 8.42 Å². The van der Waals surface area contributed by atoms with Crippen LogP contribution in [-0.2, 0) is 14.8 Å². The molecule has 2 aromatic rings. The van der Waals surface area contributed by atoms with E-state index in [9.17, 15) is 13.2 Å². The second-order valence-corrected chi connectivity index (χ2v) is 11.2. The molecule has 0 spiro atoms. The summed E-state index contributed by atoms with van der Waals surface area (Å²) in [5.74, 6) is 0.769. The molecule has 5 nitrogen and oxygen atoms in total. The molecule has 4 rings (SSSR count). The van der Waals surface area contributed by atoms with Crippen LogP contribution in [-0.4, -0.2) is 37.5 Å². The molecule has 0 radical (unpaired) electrons. The maximum Gasteiger partial charge on any atom is 0.236 e. The fourth-order valence-electron chi connectivity index (χ4n) is 3.99. The standard InChI is InChI=1S/C23H25ClN2O3S2/c24-19-6-7-22-20(16-19)21(10-14-30-22)25-23(27)18-8-12-26(13-9-18)31(28,29)15-11-17-4-2-1-3-5-17/h1-7,11,15-16,18,21H,8-10,12-14H2,(H,25,27)/b15-11+. The molecule has 1 atom stereocenters. The molecule has 0 aromatic heterocycles. The molecule has 2 heterocycles. The summed E-state index contributed by atoms with van der Waals surface area (Å²) in [6.45, 7) is 0.699. The Morgan fingerprint density at radius 3 is 2.58 bits per heavy atom. The summed E-state index contributed by atoms with van der Waals surface area (Å²) in [5, 5.41) is 5.10. The molecule has 2 aliphatic rings. The normalized spacial score (nSPS) is 20.5. The van der Waals surface area contributed by atoms with E-state index in [-0.39, 0.29) is 17.9 Å². The molecule has 1 amide bonds. The van der Waals surface area contributed by atoms with Crippen LogP contribution < -0.4 is 5.32 Å². The van der Waals surface area contributed by atoms with Crippen LogP contribution in [0.2, 0.25) is 5.02 Å². The van der Waals surface area contributed by atoms with Gasteiger partial charge in [0.1, 0.15) is 0 Å². The minimum Gasteiger partial charge on any atom is -0.349 e. The number of piperidine rings is 1. The van der Waals surface area contributed by atoms with Crippen molar-refractivity contribution in [1.82, 2.24) is 9.62 Å². The third-order valence-corrected chi connectivity index (χ3v) is 8.67. The molecule has 1 saturated heterocycles. The first kappa shape index (κ1) is 22.4. The van der Waals surface area contributed by atoms with Crippen molar-refractivity contribution in [2.45, 2.75) is 30.2 Å². The molecule has 164 valence electrons. The first-order valence-corrected chi connectivity index (χ1v) is 13.2. The van der Waals surface area contributed by atoms with Gasteiger partial charge in [0.2, 0.25) is 15.9 Å². The van der Waals surface area contributed by atoms with Crippen molar-refractivity contribution in [3.8, 4) is 0 Å². The van der Waals surface area contributed by atoms with E-state index in [4.69, 9.17) is 11.6 Å². The van der Waals surface area contributed by atoms with Gasteiger partial charge >= 0.3 is 0 Å². The zero-order chi connectivity index (χ0) is 21.8. The number of hydrogen-bond acceptors (Lipinski definition) is 4. The lowest BCUT2D eigenvalue weighted by molar-refractivity contribution is -0.126. The highest BCUT2D eigenvalue weighted by Gasteiger charge is 2.32. The second kappa shape index (κ2) is 9.77. The lowest BCUT2D eigenvalue weighted by Gasteiger charge is -2.32. The number of nitrogens with one attached hydrogen (secondary N) is 1. The van der Waals surface area contributed by atoms with Crippen LogP contribution >= 0.6 is 23.4 Å². The maximum atomic E-state index is 12.9. The number of fused-ring (bicyclic) bond motifs is 1. The molecular formula is C23H25ClN2O3S2. The van der Waals surface area contributed by atoms with Crippen LogP contribution in [0.15, 0.2) is 58.8 Å². The number of nitrogens with zero attached hydrogens (tertiary/aromatic N) is 1. The highest BCUT2D eigenvalue weighted by Crippen LogP contribution is 2.38. The van der Waals surface area contributed by atoms with Gasteiger partial charge in [-0.1, -0.05) is 41.9 Å². The zero-order valence-corrected chi connectivity index (χ0v) is 19.4. The fraction of sp³-hybridized carbons (Fsp3) is 0.348. The first-order chi connectivity index (χ1) is 14.9. The van der Waals surface area contributed by atoms with E-state index in [1.807, 2.05) is 48.5 Å². The smallest absolute Gasteiger partial charge is 0.236 e. The Morgan fingerprint density at radius 2 is 1.84 bits per heavy atom. The number of rotatable bonds is 5. The first-order valence-electron chi connectivity index (χ1n) is 10.4. The van der Waals surface area contributed by atoms with Gasteiger partial charge in [0.15, 0.2) is 0 Å². The van der Waals surface area contributed by atoms with Crippen molar-refractivity contribution in [2.24, 2.45) is 5.92 Å². The fourth-order valence-corrected chi connectivity index (χ4v) is 6.50. The summed E-state index contributed by atoms with van der Waals surface area (Å²) in [7, 11) is -3.50. The number of benzene rings is 2. The van der Waals surface area contributed by atoms with Gasteiger partial charge in [0, 0.05) is 40.1 Å². The lowest BCUT2D eigenvalue weighted by atomic mass is 9.95. The zero-order valence-electron chi connectivity index (χ0n) is 17.0. The van der Waals surface area contributed by atoms with Crippen LogP contribution in [0.25, 0.3) is 6.08 Å².